The lowest BCUT2D eigenvalue weighted by molar-refractivity contribution is -0.118. The minimum absolute atomic E-state index is 0.0144. The fraction of sp³-hybridized carbons (Fsp3) is 0.214. The van der Waals surface area contributed by atoms with Gasteiger partial charge in [0.25, 0.3) is 0 Å². The molecule has 7 heteroatoms. The van der Waals surface area contributed by atoms with Crippen LogP contribution >= 0.6 is 23.1 Å². The van der Waals surface area contributed by atoms with E-state index in [9.17, 15) is 9.59 Å². The summed E-state index contributed by atoms with van der Waals surface area (Å²) in [5, 5.41) is 13.7. The van der Waals surface area contributed by atoms with Crippen molar-refractivity contribution in [1.29, 1.82) is 0 Å². The molecule has 5 nitrogen and oxygen atoms in total. The number of benzene rings is 1. The number of aromatic carboxylic acids is 1. The minimum atomic E-state index is -1.01. The smallest absolute Gasteiger partial charge is 0.355 e. The van der Waals surface area contributed by atoms with Gasteiger partial charge in [-0.05, 0) is 5.56 Å². The predicted molar refractivity (Wildman–Crippen MR) is 84.7 cm³/mol. The second kappa shape index (κ2) is 7.24. The first-order chi connectivity index (χ1) is 10.1. The van der Waals surface area contributed by atoms with Crippen LogP contribution in [0.4, 0.5) is 0 Å². The summed E-state index contributed by atoms with van der Waals surface area (Å²) in [4.78, 5) is 26.0. The number of carbonyl (C=O) groups is 2. The van der Waals surface area contributed by atoms with Crippen LogP contribution in [0.1, 0.15) is 16.1 Å². The number of nitrogens with one attached hydrogen (secondary N) is 1. The Morgan fingerprint density at radius 3 is 2.62 bits per heavy atom. The molecule has 1 heterocycles. The number of aromatic nitrogens is 1. The van der Waals surface area contributed by atoms with Gasteiger partial charge in [0.1, 0.15) is 5.01 Å². The first-order valence-corrected chi connectivity index (χ1v) is 8.20. The van der Waals surface area contributed by atoms with Crippen LogP contribution in [0, 0.1) is 0 Å². The normalized spacial score (nSPS) is 10.3. The topological polar surface area (TPSA) is 79.3 Å². The van der Waals surface area contributed by atoms with E-state index < -0.39 is 5.97 Å². The maximum atomic E-state index is 11.1. The van der Waals surface area contributed by atoms with Crippen molar-refractivity contribution >= 4 is 35.0 Å². The first kappa shape index (κ1) is 15.5. The summed E-state index contributed by atoms with van der Waals surface area (Å²) < 4.78 is 0. The van der Waals surface area contributed by atoms with E-state index in [4.69, 9.17) is 5.11 Å². The van der Waals surface area contributed by atoms with Crippen molar-refractivity contribution in [3.8, 4) is 10.6 Å². The number of carboxylic acid groups (broad SMARTS) is 1. The summed E-state index contributed by atoms with van der Waals surface area (Å²) in [5.74, 6) is 0.193. The molecule has 0 aliphatic carbocycles. The van der Waals surface area contributed by atoms with Crippen LogP contribution in [0.2, 0.25) is 0 Å². The fourth-order valence-corrected chi connectivity index (χ4v) is 3.24. The van der Waals surface area contributed by atoms with Crippen LogP contribution in [0.3, 0.4) is 0 Å². The van der Waals surface area contributed by atoms with Crippen LogP contribution in [0.5, 0.6) is 0 Å². The number of hydrogen-bond donors (Lipinski definition) is 2. The van der Waals surface area contributed by atoms with Crippen LogP contribution in [0.25, 0.3) is 10.6 Å². The molecule has 0 saturated carbocycles. The van der Waals surface area contributed by atoms with Gasteiger partial charge in [0.15, 0.2) is 5.69 Å². The van der Waals surface area contributed by atoms with Gasteiger partial charge in [-0.15, -0.1) is 23.1 Å². The number of amides is 1. The largest absolute Gasteiger partial charge is 0.476 e. The molecule has 1 amide bonds. The molecule has 2 aromatic rings. The quantitative estimate of drug-likeness (QED) is 0.854. The van der Waals surface area contributed by atoms with Crippen molar-refractivity contribution < 1.29 is 14.7 Å². The summed E-state index contributed by atoms with van der Waals surface area (Å²) in [6.45, 7) is 0. The van der Waals surface area contributed by atoms with Crippen LogP contribution in [0.15, 0.2) is 29.6 Å². The van der Waals surface area contributed by atoms with E-state index in [1.54, 1.807) is 18.8 Å². The molecule has 0 atom stereocenters. The van der Waals surface area contributed by atoms with Crippen LogP contribution in [-0.4, -0.2) is 34.8 Å². The fourth-order valence-electron chi connectivity index (χ4n) is 1.58. The summed E-state index contributed by atoms with van der Waals surface area (Å²) in [6, 6.07) is 7.77. The number of thioether (sulfide) groups is 1. The van der Waals surface area contributed by atoms with E-state index in [0.717, 1.165) is 16.9 Å². The highest BCUT2D eigenvalue weighted by atomic mass is 32.2. The molecule has 110 valence electrons. The molecular formula is C14H14N2O3S2. The zero-order valence-electron chi connectivity index (χ0n) is 11.3. The van der Waals surface area contributed by atoms with Crippen LogP contribution in [-0.2, 0) is 10.5 Å². The maximum Gasteiger partial charge on any atom is 0.355 e. The summed E-state index contributed by atoms with van der Waals surface area (Å²) >= 11 is 2.86. The number of nitrogens with zero attached hydrogens (tertiary/aromatic N) is 1. The van der Waals surface area contributed by atoms with Gasteiger partial charge in [-0.1, -0.05) is 24.3 Å². The Bertz CT molecular complexity index is 638. The molecule has 1 aromatic heterocycles. The zero-order chi connectivity index (χ0) is 15.2. The van der Waals surface area contributed by atoms with Crippen LogP contribution < -0.4 is 5.32 Å². The summed E-state index contributed by atoms with van der Waals surface area (Å²) in [6.07, 6.45) is 0. The number of hydrogen-bond acceptors (Lipinski definition) is 5. The molecule has 0 aliphatic rings. The molecule has 21 heavy (non-hydrogen) atoms. The van der Waals surface area contributed by atoms with E-state index in [1.165, 1.54) is 16.7 Å². The lowest BCUT2D eigenvalue weighted by atomic mass is 10.2. The molecule has 0 spiro atoms. The molecule has 0 unspecified atom stereocenters. The third-order valence-electron chi connectivity index (χ3n) is 2.70. The highest BCUT2D eigenvalue weighted by Crippen LogP contribution is 2.25. The zero-order valence-corrected chi connectivity index (χ0v) is 13.0. The molecule has 0 bridgehead atoms. The van der Waals surface area contributed by atoms with Crippen molar-refractivity contribution in [2.24, 2.45) is 0 Å². The van der Waals surface area contributed by atoms with Gasteiger partial charge in [0, 0.05) is 23.7 Å². The second-order valence-electron chi connectivity index (χ2n) is 4.21. The Hall–Kier alpha value is -1.86. The molecular weight excluding hydrogens is 308 g/mol. The lowest BCUT2D eigenvalue weighted by Crippen LogP contribution is -2.19. The molecule has 0 saturated heterocycles. The maximum absolute atomic E-state index is 11.1. The van der Waals surface area contributed by atoms with Gasteiger partial charge < -0.3 is 10.4 Å². The number of rotatable bonds is 6. The molecule has 0 aliphatic heterocycles. The van der Waals surface area contributed by atoms with Gasteiger partial charge in [-0.2, -0.15) is 0 Å². The average molecular weight is 322 g/mol. The second-order valence-corrected chi connectivity index (χ2v) is 6.05. The molecule has 0 radical (unpaired) electrons. The molecule has 2 rings (SSSR count). The number of thiazole rings is 1. The van der Waals surface area contributed by atoms with Gasteiger partial charge in [0.2, 0.25) is 5.91 Å². The van der Waals surface area contributed by atoms with Gasteiger partial charge in [-0.25, -0.2) is 9.78 Å². The van der Waals surface area contributed by atoms with E-state index in [-0.39, 0.29) is 11.6 Å². The average Bonchev–Trinajstić information content (AvgIpc) is 2.98. The Kier molecular flexibility index (Phi) is 5.35. The van der Waals surface area contributed by atoms with Gasteiger partial charge in [0.05, 0.1) is 5.75 Å². The third-order valence-corrected chi connectivity index (χ3v) is 4.60. The summed E-state index contributed by atoms with van der Waals surface area (Å²) in [7, 11) is 1.62. The molecule has 1 aromatic carbocycles. The predicted octanol–water partition coefficient (Wildman–Crippen LogP) is 2.49. The van der Waals surface area contributed by atoms with E-state index in [2.05, 4.69) is 10.3 Å². The first-order valence-electron chi connectivity index (χ1n) is 6.16. The minimum Gasteiger partial charge on any atom is -0.476 e. The Morgan fingerprint density at radius 2 is 2.05 bits per heavy atom. The van der Waals surface area contributed by atoms with E-state index in [1.807, 2.05) is 24.3 Å². The lowest BCUT2D eigenvalue weighted by Gasteiger charge is -2.02. The highest BCUT2D eigenvalue weighted by Gasteiger charge is 2.10. The van der Waals surface area contributed by atoms with Crippen molar-refractivity contribution in [2.75, 3.05) is 12.8 Å². The number of carboxylic acids is 1. The highest BCUT2D eigenvalue weighted by molar-refractivity contribution is 7.99. The Balaban J connectivity index is 1.98. The Morgan fingerprint density at radius 1 is 1.33 bits per heavy atom. The van der Waals surface area contributed by atoms with Gasteiger partial charge in [-0.3, -0.25) is 4.79 Å². The van der Waals surface area contributed by atoms with Crippen molar-refractivity contribution in [2.45, 2.75) is 5.75 Å². The van der Waals surface area contributed by atoms with Gasteiger partial charge >= 0.3 is 5.97 Å². The SMILES string of the molecule is CNC(=O)CSCc1ccc(-c2nc(C(=O)O)cs2)cc1. The van der Waals surface area contributed by atoms with Crippen molar-refractivity contribution in [1.82, 2.24) is 10.3 Å². The van der Waals surface area contributed by atoms with E-state index >= 15 is 0 Å². The van der Waals surface area contributed by atoms with Crippen molar-refractivity contribution in [3.63, 3.8) is 0 Å². The number of carbonyl (C=O) groups excluding carboxylic acids is 1. The standard InChI is InChI=1S/C14H14N2O3S2/c1-15-12(17)8-20-6-9-2-4-10(5-3-9)13-16-11(7-21-13)14(18)19/h2-5,7H,6,8H2,1H3,(H,15,17)(H,18,19). The van der Waals surface area contributed by atoms with Crippen molar-refractivity contribution in [3.05, 3.63) is 40.9 Å². The molecule has 2 N–H and O–H groups in total. The van der Waals surface area contributed by atoms with E-state index in [0.29, 0.717) is 10.8 Å². The Labute approximate surface area is 130 Å². The monoisotopic (exact) mass is 322 g/mol. The third kappa shape index (κ3) is 4.30. The molecule has 0 fully saturated rings. The summed E-state index contributed by atoms with van der Waals surface area (Å²) in [5.41, 5.74) is 2.08.